The van der Waals surface area contributed by atoms with E-state index in [9.17, 15) is 14.4 Å². The van der Waals surface area contributed by atoms with E-state index in [1.807, 2.05) is 0 Å². The number of aliphatic imine (C=N–C) groups is 1. The number of nitrogens with zero attached hydrogens (tertiary/aromatic N) is 1. The van der Waals surface area contributed by atoms with Gasteiger partial charge in [0.05, 0.1) is 18.8 Å². The molecule has 4 rings (SSSR count). The molecule has 0 radical (unpaired) electrons. The molecule has 4 aliphatic rings. The minimum atomic E-state index is -1.13. The molecule has 4 saturated carbocycles. The molecule has 5 N–H and O–H groups in total. The largest absolute Gasteiger partial charge is 0.481 e. The molecule has 0 aromatic rings. The SMILES string of the molecule is CC(C)CCCC(C)C1CCC2C3CCC4CC(OC(=O)NCCN=C(N)CCCSSC(CC(=O)O)C(=O)O)CCC4(C)C3CCC12C. The minimum absolute atomic E-state index is 0.0220. The number of hydrogen-bond acceptors (Lipinski definition) is 7. The van der Waals surface area contributed by atoms with E-state index >= 15 is 0 Å². The molecule has 1 amide bonds. The van der Waals surface area contributed by atoms with Gasteiger partial charge < -0.3 is 26.0 Å². The molecule has 0 heterocycles. The molecule has 4 aliphatic carbocycles. The first-order valence-corrected chi connectivity index (χ1v) is 21.6. The maximum atomic E-state index is 12.7. The van der Waals surface area contributed by atoms with Gasteiger partial charge in [0.15, 0.2) is 0 Å². The van der Waals surface area contributed by atoms with Crippen LogP contribution in [-0.2, 0) is 14.3 Å². The third-order valence-electron chi connectivity index (χ3n) is 13.3. The Morgan fingerprint density at radius 1 is 0.959 bits per heavy atom. The molecule has 11 heteroatoms. The highest BCUT2D eigenvalue weighted by atomic mass is 33.1. The van der Waals surface area contributed by atoms with Crippen LogP contribution in [0.25, 0.3) is 0 Å². The van der Waals surface area contributed by atoms with Crippen LogP contribution in [0.5, 0.6) is 0 Å². The van der Waals surface area contributed by atoms with Crippen molar-refractivity contribution in [2.45, 2.75) is 142 Å². The fourth-order valence-electron chi connectivity index (χ4n) is 10.7. The van der Waals surface area contributed by atoms with Gasteiger partial charge in [-0.1, -0.05) is 75.5 Å². The Labute approximate surface area is 303 Å². The zero-order valence-corrected chi connectivity index (χ0v) is 32.4. The molecule has 49 heavy (non-hydrogen) atoms. The summed E-state index contributed by atoms with van der Waals surface area (Å²) in [6, 6.07) is 0. The number of carboxylic acid groups (broad SMARTS) is 2. The van der Waals surface area contributed by atoms with Crippen LogP contribution in [0.15, 0.2) is 4.99 Å². The van der Waals surface area contributed by atoms with Crippen molar-refractivity contribution >= 4 is 45.5 Å². The molecular weight excluding hydrogens is 659 g/mol. The topological polar surface area (TPSA) is 151 Å². The number of carbonyl (C=O) groups excluding carboxylic acids is 1. The molecule has 10 atom stereocenters. The number of amides is 1. The second kappa shape index (κ2) is 18.2. The summed E-state index contributed by atoms with van der Waals surface area (Å²) in [6.07, 6.45) is 15.9. The fraction of sp³-hybridized carbons (Fsp3) is 0.895. The molecule has 10 unspecified atom stereocenters. The van der Waals surface area contributed by atoms with E-state index in [0.29, 0.717) is 54.3 Å². The summed E-state index contributed by atoms with van der Waals surface area (Å²) in [7, 11) is 2.39. The Morgan fingerprint density at radius 3 is 2.41 bits per heavy atom. The second-order valence-electron chi connectivity index (χ2n) is 16.7. The molecule has 0 aromatic heterocycles. The average molecular weight is 724 g/mol. The predicted molar refractivity (Wildman–Crippen MR) is 201 cm³/mol. The lowest BCUT2D eigenvalue weighted by atomic mass is 9.44. The lowest BCUT2D eigenvalue weighted by molar-refractivity contribution is -0.142. The molecule has 4 fully saturated rings. The van der Waals surface area contributed by atoms with Gasteiger partial charge in [-0.05, 0) is 116 Å². The quantitative estimate of drug-likeness (QED) is 0.0471. The van der Waals surface area contributed by atoms with Crippen LogP contribution in [0.2, 0.25) is 0 Å². The summed E-state index contributed by atoms with van der Waals surface area (Å²) < 4.78 is 5.94. The number of rotatable bonds is 18. The van der Waals surface area contributed by atoms with Crippen LogP contribution in [0, 0.1) is 52.3 Å². The lowest BCUT2D eigenvalue weighted by Crippen LogP contribution is -2.54. The Bertz CT molecular complexity index is 1150. The van der Waals surface area contributed by atoms with Gasteiger partial charge >= 0.3 is 18.0 Å². The zero-order chi connectivity index (χ0) is 35.8. The number of nitrogens with one attached hydrogen (secondary N) is 1. The maximum absolute atomic E-state index is 12.7. The van der Waals surface area contributed by atoms with Crippen molar-refractivity contribution < 1.29 is 29.3 Å². The van der Waals surface area contributed by atoms with E-state index in [-0.39, 0.29) is 12.2 Å². The van der Waals surface area contributed by atoms with E-state index in [1.54, 1.807) is 0 Å². The number of carbonyl (C=O) groups is 3. The Balaban J connectivity index is 1.15. The van der Waals surface area contributed by atoms with Gasteiger partial charge in [-0.15, -0.1) is 0 Å². The van der Waals surface area contributed by atoms with Crippen LogP contribution in [0.1, 0.15) is 131 Å². The van der Waals surface area contributed by atoms with Gasteiger partial charge in [0.1, 0.15) is 11.4 Å². The van der Waals surface area contributed by atoms with E-state index in [1.165, 1.54) is 68.6 Å². The maximum Gasteiger partial charge on any atom is 0.407 e. The molecular formula is C38H65N3O6S2. The van der Waals surface area contributed by atoms with Crippen molar-refractivity contribution in [3.05, 3.63) is 0 Å². The third-order valence-corrected chi connectivity index (χ3v) is 16.1. The standard InChI is InChI=1S/C38H65N3O6S2/c1-24(2)8-6-9-25(3)29-13-14-30-28-12-11-26-22-27(15-17-37(26,4)31(28)16-18-38(29,30)5)47-36(46)41-20-19-40-33(39)10-7-21-48-49-32(35(44)45)23-34(42)43/h24-32H,6-23H2,1-5H3,(H2,39,40)(H,41,46)(H,42,43)(H,44,45). The van der Waals surface area contributed by atoms with Crippen LogP contribution < -0.4 is 11.1 Å². The number of hydrogen-bond donors (Lipinski definition) is 4. The molecule has 280 valence electrons. The monoisotopic (exact) mass is 723 g/mol. The highest BCUT2D eigenvalue weighted by Gasteiger charge is 2.60. The first-order valence-electron chi connectivity index (χ1n) is 19.2. The first-order chi connectivity index (χ1) is 23.2. The van der Waals surface area contributed by atoms with Gasteiger partial charge in [-0.2, -0.15) is 0 Å². The van der Waals surface area contributed by atoms with E-state index < -0.39 is 23.6 Å². The second-order valence-corrected chi connectivity index (χ2v) is 19.4. The number of alkyl carbamates (subject to hydrolysis) is 1. The number of fused-ring (bicyclic) bond motifs is 5. The van der Waals surface area contributed by atoms with Gasteiger partial charge in [-0.3, -0.25) is 14.6 Å². The Kier molecular flexibility index (Phi) is 14.9. The smallest absolute Gasteiger partial charge is 0.407 e. The average Bonchev–Trinajstić information content (AvgIpc) is 3.39. The zero-order valence-electron chi connectivity index (χ0n) is 30.8. The van der Waals surface area contributed by atoms with E-state index in [4.69, 9.17) is 20.7 Å². The van der Waals surface area contributed by atoms with Crippen molar-refractivity contribution in [2.75, 3.05) is 18.8 Å². The van der Waals surface area contributed by atoms with Crippen LogP contribution in [-0.4, -0.2) is 64.3 Å². The van der Waals surface area contributed by atoms with Crippen LogP contribution >= 0.6 is 21.6 Å². The normalized spacial score (nSPS) is 34.0. The Morgan fingerprint density at radius 2 is 1.69 bits per heavy atom. The Hall–Kier alpha value is -1.62. The molecule has 0 spiro atoms. The summed E-state index contributed by atoms with van der Waals surface area (Å²) in [6.45, 7) is 13.2. The molecule has 9 nitrogen and oxygen atoms in total. The summed E-state index contributed by atoms with van der Waals surface area (Å²) in [5.41, 5.74) is 6.90. The van der Waals surface area contributed by atoms with E-state index in [0.717, 1.165) is 65.6 Å². The van der Waals surface area contributed by atoms with Gasteiger partial charge in [-0.25, -0.2) is 4.79 Å². The molecule has 0 saturated heterocycles. The number of amidine groups is 1. The first kappa shape index (κ1) is 40.2. The van der Waals surface area contributed by atoms with Gasteiger partial charge in [0.25, 0.3) is 0 Å². The van der Waals surface area contributed by atoms with Crippen LogP contribution in [0.3, 0.4) is 0 Å². The van der Waals surface area contributed by atoms with Crippen molar-refractivity contribution in [3.63, 3.8) is 0 Å². The number of ether oxygens (including phenoxy) is 1. The van der Waals surface area contributed by atoms with Crippen molar-refractivity contribution in [1.82, 2.24) is 5.32 Å². The van der Waals surface area contributed by atoms with Gasteiger partial charge in [0, 0.05) is 18.7 Å². The number of carboxylic acids is 2. The minimum Gasteiger partial charge on any atom is -0.481 e. The van der Waals surface area contributed by atoms with Gasteiger partial charge in [0.2, 0.25) is 0 Å². The number of aliphatic carboxylic acids is 2. The predicted octanol–water partition coefficient (Wildman–Crippen LogP) is 8.65. The van der Waals surface area contributed by atoms with Crippen molar-refractivity contribution in [3.8, 4) is 0 Å². The summed E-state index contributed by atoms with van der Waals surface area (Å²) in [4.78, 5) is 39.0. The molecule has 0 bridgehead atoms. The number of nitrogens with two attached hydrogens (primary N) is 1. The summed E-state index contributed by atoms with van der Waals surface area (Å²) in [5.74, 6) is 4.61. The fourth-order valence-corrected chi connectivity index (χ4v) is 13.1. The van der Waals surface area contributed by atoms with Crippen molar-refractivity contribution in [2.24, 2.45) is 63.0 Å². The highest BCUT2D eigenvalue weighted by molar-refractivity contribution is 8.77. The highest BCUT2D eigenvalue weighted by Crippen LogP contribution is 2.68. The van der Waals surface area contributed by atoms with E-state index in [2.05, 4.69) is 44.9 Å². The summed E-state index contributed by atoms with van der Waals surface area (Å²) in [5, 5.41) is 19.8. The lowest BCUT2D eigenvalue weighted by Gasteiger charge is -2.61. The van der Waals surface area contributed by atoms with Crippen LogP contribution in [0.4, 0.5) is 4.79 Å². The summed E-state index contributed by atoms with van der Waals surface area (Å²) >= 11 is 0. The molecule has 0 aromatic carbocycles. The molecule has 0 aliphatic heterocycles. The third kappa shape index (κ3) is 10.5. The van der Waals surface area contributed by atoms with Crippen molar-refractivity contribution in [1.29, 1.82) is 0 Å².